The molecular weight excluding hydrogens is 356 g/mol. The first kappa shape index (κ1) is 28.5. The Kier molecular flexibility index (Phi) is 21.8. The molecule has 174 valence electrons. The van der Waals surface area contributed by atoms with Crippen LogP contribution in [-0.2, 0) is 9.53 Å². The zero-order valence-corrected chi connectivity index (χ0v) is 20.6. The summed E-state index contributed by atoms with van der Waals surface area (Å²) in [4.78, 5) is 11.8. The fourth-order valence-corrected chi connectivity index (χ4v) is 3.86. The van der Waals surface area contributed by atoms with Gasteiger partial charge in [0.2, 0.25) is 0 Å². The highest BCUT2D eigenvalue weighted by Crippen LogP contribution is 2.14. The second kappa shape index (κ2) is 22.2. The monoisotopic (exact) mass is 410 g/mol. The molecule has 0 aromatic rings. The summed E-state index contributed by atoms with van der Waals surface area (Å²) in [5, 5.41) is 0. The molecule has 0 bridgehead atoms. The molecule has 0 N–H and O–H groups in total. The Bertz CT molecular complexity index is 335. The summed E-state index contributed by atoms with van der Waals surface area (Å²) in [5.74, 6) is 1.72. The SMILES string of the molecule is CC(C)CCCCCCCCCCCC(=O)OCCCCCCCCCC(C)C. The number of carbonyl (C=O) groups excluding carboxylic acids is 1. The van der Waals surface area contributed by atoms with Crippen molar-refractivity contribution in [2.24, 2.45) is 11.8 Å². The Morgan fingerprint density at radius 3 is 1.28 bits per heavy atom. The van der Waals surface area contributed by atoms with Gasteiger partial charge in [0.25, 0.3) is 0 Å². The van der Waals surface area contributed by atoms with Gasteiger partial charge in [-0.05, 0) is 24.7 Å². The normalized spacial score (nSPS) is 11.5. The number of carbonyl (C=O) groups is 1. The van der Waals surface area contributed by atoms with E-state index in [0.29, 0.717) is 13.0 Å². The number of rotatable bonds is 22. The van der Waals surface area contributed by atoms with Crippen LogP contribution in [0.15, 0.2) is 0 Å². The molecule has 0 spiro atoms. The van der Waals surface area contributed by atoms with Crippen molar-refractivity contribution in [3.8, 4) is 0 Å². The lowest BCUT2D eigenvalue weighted by Gasteiger charge is -2.06. The van der Waals surface area contributed by atoms with Gasteiger partial charge in [-0.1, -0.05) is 130 Å². The molecular formula is C27H54O2. The van der Waals surface area contributed by atoms with Gasteiger partial charge in [0.05, 0.1) is 6.61 Å². The van der Waals surface area contributed by atoms with Crippen LogP contribution in [0.1, 0.15) is 150 Å². The molecule has 0 unspecified atom stereocenters. The van der Waals surface area contributed by atoms with Gasteiger partial charge in [0.1, 0.15) is 0 Å². The Labute approximate surface area is 184 Å². The van der Waals surface area contributed by atoms with Gasteiger partial charge >= 0.3 is 5.97 Å². The fraction of sp³-hybridized carbons (Fsp3) is 0.963. The van der Waals surface area contributed by atoms with Crippen molar-refractivity contribution < 1.29 is 9.53 Å². The van der Waals surface area contributed by atoms with E-state index in [1.807, 2.05) is 0 Å². The maximum atomic E-state index is 11.8. The molecule has 0 aliphatic heterocycles. The van der Waals surface area contributed by atoms with Crippen molar-refractivity contribution in [1.82, 2.24) is 0 Å². The molecule has 0 aliphatic carbocycles. The van der Waals surface area contributed by atoms with E-state index < -0.39 is 0 Å². The summed E-state index contributed by atoms with van der Waals surface area (Å²) in [5.41, 5.74) is 0. The lowest BCUT2D eigenvalue weighted by Crippen LogP contribution is -2.05. The van der Waals surface area contributed by atoms with Crippen LogP contribution >= 0.6 is 0 Å². The molecule has 2 heteroatoms. The number of hydrogen-bond acceptors (Lipinski definition) is 2. The van der Waals surface area contributed by atoms with Crippen LogP contribution in [0.2, 0.25) is 0 Å². The quantitative estimate of drug-likeness (QED) is 0.131. The van der Waals surface area contributed by atoms with Crippen LogP contribution in [0.4, 0.5) is 0 Å². The minimum Gasteiger partial charge on any atom is -0.466 e. The highest BCUT2D eigenvalue weighted by Gasteiger charge is 2.03. The Morgan fingerprint density at radius 2 is 0.862 bits per heavy atom. The summed E-state index contributed by atoms with van der Waals surface area (Å²) in [6, 6.07) is 0. The summed E-state index contributed by atoms with van der Waals surface area (Å²) in [6.07, 6.45) is 24.1. The van der Waals surface area contributed by atoms with E-state index in [9.17, 15) is 4.79 Å². The van der Waals surface area contributed by atoms with Crippen molar-refractivity contribution in [3.63, 3.8) is 0 Å². The topological polar surface area (TPSA) is 26.3 Å². The molecule has 0 heterocycles. The first-order chi connectivity index (χ1) is 14.0. The van der Waals surface area contributed by atoms with Gasteiger partial charge in [0.15, 0.2) is 0 Å². The lowest BCUT2D eigenvalue weighted by atomic mass is 10.0. The molecule has 0 rings (SSSR count). The summed E-state index contributed by atoms with van der Waals surface area (Å²) >= 11 is 0. The van der Waals surface area contributed by atoms with E-state index in [0.717, 1.165) is 24.7 Å². The van der Waals surface area contributed by atoms with Gasteiger partial charge in [0, 0.05) is 6.42 Å². The second-order valence-electron chi connectivity index (χ2n) is 9.99. The van der Waals surface area contributed by atoms with Crippen molar-refractivity contribution in [1.29, 1.82) is 0 Å². The minimum absolute atomic E-state index is 0.0174. The predicted octanol–water partition coefficient (Wildman–Crippen LogP) is 9.25. The fourth-order valence-electron chi connectivity index (χ4n) is 3.86. The third-order valence-corrected chi connectivity index (χ3v) is 5.85. The third kappa shape index (κ3) is 25.4. The summed E-state index contributed by atoms with van der Waals surface area (Å²) < 4.78 is 5.37. The number of hydrogen-bond donors (Lipinski definition) is 0. The molecule has 0 saturated heterocycles. The molecule has 0 radical (unpaired) electrons. The Hall–Kier alpha value is -0.530. The first-order valence-corrected chi connectivity index (χ1v) is 13.2. The second-order valence-corrected chi connectivity index (χ2v) is 9.99. The maximum Gasteiger partial charge on any atom is 0.305 e. The van der Waals surface area contributed by atoms with Crippen LogP contribution in [0.3, 0.4) is 0 Å². The molecule has 0 aromatic heterocycles. The van der Waals surface area contributed by atoms with Crippen molar-refractivity contribution >= 4 is 5.97 Å². The average Bonchev–Trinajstić information content (AvgIpc) is 2.67. The van der Waals surface area contributed by atoms with Crippen LogP contribution < -0.4 is 0 Å². The molecule has 0 aliphatic rings. The van der Waals surface area contributed by atoms with Crippen LogP contribution in [0, 0.1) is 11.8 Å². The minimum atomic E-state index is 0.0174. The van der Waals surface area contributed by atoms with Crippen molar-refractivity contribution in [2.45, 2.75) is 150 Å². The van der Waals surface area contributed by atoms with Crippen LogP contribution in [-0.4, -0.2) is 12.6 Å². The third-order valence-electron chi connectivity index (χ3n) is 5.85. The van der Waals surface area contributed by atoms with Crippen LogP contribution in [0.25, 0.3) is 0 Å². The number of ether oxygens (including phenoxy) is 1. The molecule has 0 aromatic carbocycles. The van der Waals surface area contributed by atoms with E-state index >= 15 is 0 Å². The average molecular weight is 411 g/mol. The van der Waals surface area contributed by atoms with Gasteiger partial charge in [-0.3, -0.25) is 4.79 Å². The highest BCUT2D eigenvalue weighted by atomic mass is 16.5. The zero-order valence-electron chi connectivity index (χ0n) is 20.6. The number of esters is 1. The van der Waals surface area contributed by atoms with Gasteiger partial charge in [-0.2, -0.15) is 0 Å². The largest absolute Gasteiger partial charge is 0.466 e. The molecule has 29 heavy (non-hydrogen) atoms. The van der Waals surface area contributed by atoms with Gasteiger partial charge in [-0.15, -0.1) is 0 Å². The van der Waals surface area contributed by atoms with E-state index in [-0.39, 0.29) is 5.97 Å². The van der Waals surface area contributed by atoms with Crippen LogP contribution in [0.5, 0.6) is 0 Å². The van der Waals surface area contributed by atoms with E-state index in [1.54, 1.807) is 0 Å². The Morgan fingerprint density at radius 1 is 0.517 bits per heavy atom. The van der Waals surface area contributed by atoms with E-state index in [1.165, 1.54) is 103 Å². The van der Waals surface area contributed by atoms with Crippen molar-refractivity contribution in [2.75, 3.05) is 6.61 Å². The number of unbranched alkanes of at least 4 members (excludes halogenated alkanes) is 14. The predicted molar refractivity (Wildman–Crippen MR) is 128 cm³/mol. The molecule has 2 nitrogen and oxygen atoms in total. The molecule has 0 atom stereocenters. The lowest BCUT2D eigenvalue weighted by molar-refractivity contribution is -0.143. The summed E-state index contributed by atoms with van der Waals surface area (Å²) in [7, 11) is 0. The van der Waals surface area contributed by atoms with Gasteiger partial charge < -0.3 is 4.74 Å². The standard InChI is InChI=1S/C27H54O2/c1-25(2)21-17-13-9-6-5-7-11-15-19-23-27(28)29-24-20-16-12-8-10-14-18-22-26(3)4/h25-26H,5-24H2,1-4H3. The first-order valence-electron chi connectivity index (χ1n) is 13.2. The zero-order chi connectivity index (χ0) is 21.6. The van der Waals surface area contributed by atoms with E-state index in [2.05, 4.69) is 27.7 Å². The summed E-state index contributed by atoms with van der Waals surface area (Å²) in [6.45, 7) is 9.86. The molecule has 0 fully saturated rings. The van der Waals surface area contributed by atoms with Crippen molar-refractivity contribution in [3.05, 3.63) is 0 Å². The molecule has 0 saturated carbocycles. The van der Waals surface area contributed by atoms with Gasteiger partial charge in [-0.25, -0.2) is 0 Å². The molecule has 0 amide bonds. The Balaban J connectivity index is 3.17. The highest BCUT2D eigenvalue weighted by molar-refractivity contribution is 5.69. The maximum absolute atomic E-state index is 11.8. The smallest absolute Gasteiger partial charge is 0.305 e. The van der Waals surface area contributed by atoms with E-state index in [4.69, 9.17) is 4.74 Å².